The van der Waals surface area contributed by atoms with Gasteiger partial charge < -0.3 is 8.98 Å². The fourth-order valence-electron chi connectivity index (χ4n) is 10.4. The van der Waals surface area contributed by atoms with Gasteiger partial charge in [-0.1, -0.05) is 182 Å². The van der Waals surface area contributed by atoms with Crippen molar-refractivity contribution in [2.24, 2.45) is 0 Å². The molecule has 11 aromatic carbocycles. The van der Waals surface area contributed by atoms with Crippen LogP contribution in [-0.4, -0.2) is 19.5 Å². The molecule has 14 aromatic rings. The minimum atomic E-state index is 0.581. The molecule has 0 aliphatic heterocycles. The molecule has 0 unspecified atom stereocenters. The third-order valence-corrected chi connectivity index (χ3v) is 13.4. The lowest BCUT2D eigenvalue weighted by Gasteiger charge is -2.12. The van der Waals surface area contributed by atoms with Crippen LogP contribution in [0.25, 0.3) is 138 Å². The second-order valence-electron chi connectivity index (χ2n) is 17.1. The zero-order chi connectivity index (χ0) is 43.3. The molecule has 0 aliphatic rings. The molecule has 0 amide bonds. The van der Waals surface area contributed by atoms with Crippen LogP contribution in [0, 0.1) is 0 Å². The van der Waals surface area contributed by atoms with E-state index in [9.17, 15) is 0 Å². The zero-order valence-electron chi connectivity index (χ0n) is 35.5. The summed E-state index contributed by atoms with van der Waals surface area (Å²) in [5.74, 6) is 1.80. The monoisotopic (exact) mass is 840 g/mol. The van der Waals surface area contributed by atoms with E-state index in [0.29, 0.717) is 17.5 Å². The molecule has 0 aliphatic carbocycles. The van der Waals surface area contributed by atoms with Gasteiger partial charge in [0.2, 0.25) is 0 Å². The Balaban J connectivity index is 1.04. The second kappa shape index (κ2) is 14.3. The zero-order valence-corrected chi connectivity index (χ0v) is 35.5. The number of rotatable bonds is 5. The van der Waals surface area contributed by atoms with E-state index in [0.717, 1.165) is 76.9 Å². The first-order chi connectivity index (χ1) is 32.7. The number of hydrogen-bond donors (Lipinski definition) is 0. The summed E-state index contributed by atoms with van der Waals surface area (Å²) in [6.07, 6.45) is 0. The lowest BCUT2D eigenvalue weighted by atomic mass is 9.94. The highest BCUT2D eigenvalue weighted by atomic mass is 16.3. The first kappa shape index (κ1) is 36.5. The normalized spacial score (nSPS) is 11.9. The van der Waals surface area contributed by atoms with Crippen LogP contribution >= 0.6 is 0 Å². The van der Waals surface area contributed by atoms with Crippen molar-refractivity contribution in [3.05, 3.63) is 218 Å². The molecule has 14 rings (SSSR count). The number of aromatic nitrogens is 4. The molecule has 3 heterocycles. The lowest BCUT2D eigenvalue weighted by molar-refractivity contribution is 0.666. The molecular weight excluding hydrogens is 805 g/mol. The minimum Gasteiger partial charge on any atom is -0.454 e. The van der Waals surface area contributed by atoms with E-state index in [-0.39, 0.29) is 0 Å². The van der Waals surface area contributed by atoms with Crippen LogP contribution in [0.2, 0.25) is 0 Å². The highest BCUT2D eigenvalue weighted by Crippen LogP contribution is 2.46. The number of nitrogens with zero attached hydrogens (tertiary/aromatic N) is 4. The minimum absolute atomic E-state index is 0.581. The number of benzene rings is 11. The van der Waals surface area contributed by atoms with Crippen LogP contribution in [0.4, 0.5) is 0 Å². The van der Waals surface area contributed by atoms with Gasteiger partial charge in [-0.05, 0) is 90.6 Å². The average molecular weight is 841 g/mol. The molecule has 0 fully saturated rings. The maximum absolute atomic E-state index is 7.09. The van der Waals surface area contributed by atoms with Crippen LogP contribution in [0.15, 0.2) is 223 Å². The summed E-state index contributed by atoms with van der Waals surface area (Å²) >= 11 is 0. The number of furan rings is 1. The third kappa shape index (κ3) is 5.57. The largest absolute Gasteiger partial charge is 0.454 e. The van der Waals surface area contributed by atoms with Gasteiger partial charge >= 0.3 is 0 Å². The fourth-order valence-corrected chi connectivity index (χ4v) is 10.4. The van der Waals surface area contributed by atoms with Crippen molar-refractivity contribution in [3.63, 3.8) is 0 Å². The van der Waals surface area contributed by atoms with E-state index in [1.54, 1.807) is 0 Å². The van der Waals surface area contributed by atoms with Crippen LogP contribution in [0.5, 0.6) is 0 Å². The Morgan fingerprint density at radius 3 is 1.61 bits per heavy atom. The van der Waals surface area contributed by atoms with Crippen molar-refractivity contribution in [2.75, 3.05) is 0 Å². The standard InChI is InChI=1S/C61H36N4O/c1-2-16-39(17-3-1)50-36-53-57(47-23-11-10-22-46(47)50)56-45-21-9-8-18-40(45)32-33-51(56)65(53)52-26-12-24-48-55-49(25-13-27-54(55)66-58(48)52)61-63-59(43-30-28-37-14-4-6-19-41(37)34-43)62-60(64-61)44-31-29-38-15-5-7-20-42(38)35-44/h1-36H. The van der Waals surface area contributed by atoms with Crippen LogP contribution in [0.1, 0.15) is 0 Å². The Bertz CT molecular complexity index is 4200. The van der Waals surface area contributed by atoms with Gasteiger partial charge in [0.1, 0.15) is 5.58 Å². The van der Waals surface area contributed by atoms with E-state index in [4.69, 9.17) is 19.4 Å². The molecule has 0 spiro atoms. The molecule has 5 nitrogen and oxygen atoms in total. The first-order valence-electron chi connectivity index (χ1n) is 22.3. The molecule has 0 saturated heterocycles. The molecular formula is C61H36N4O. The molecule has 0 bridgehead atoms. The Morgan fingerprint density at radius 2 is 0.879 bits per heavy atom. The maximum Gasteiger partial charge on any atom is 0.164 e. The Morgan fingerprint density at radius 1 is 0.318 bits per heavy atom. The van der Waals surface area contributed by atoms with Gasteiger partial charge in [-0.3, -0.25) is 0 Å². The number of hydrogen-bond acceptors (Lipinski definition) is 4. The fraction of sp³-hybridized carbons (Fsp3) is 0. The predicted molar refractivity (Wildman–Crippen MR) is 273 cm³/mol. The Labute approximate surface area is 378 Å². The van der Waals surface area contributed by atoms with Crippen LogP contribution in [-0.2, 0) is 0 Å². The number of fused-ring (bicyclic) bond motifs is 12. The first-order valence-corrected chi connectivity index (χ1v) is 22.3. The highest BCUT2D eigenvalue weighted by Gasteiger charge is 2.24. The molecule has 5 heteroatoms. The molecule has 306 valence electrons. The lowest BCUT2D eigenvalue weighted by Crippen LogP contribution is -2.00. The summed E-state index contributed by atoms with van der Waals surface area (Å²) in [4.78, 5) is 15.7. The van der Waals surface area contributed by atoms with Crippen molar-refractivity contribution in [1.29, 1.82) is 0 Å². The SMILES string of the molecule is c1ccc(-c2cc3c(c4ccccc24)c2c4ccccc4ccc2n3-c2cccc3c2oc2cccc(-c4nc(-c5ccc6ccccc6c5)nc(-c5ccc6ccccc6c5)n4)c23)cc1. The van der Waals surface area contributed by atoms with E-state index in [2.05, 4.69) is 217 Å². The van der Waals surface area contributed by atoms with Crippen molar-refractivity contribution < 1.29 is 4.42 Å². The quantitative estimate of drug-likeness (QED) is 0.173. The molecule has 0 saturated carbocycles. The van der Waals surface area contributed by atoms with E-state index < -0.39 is 0 Å². The van der Waals surface area contributed by atoms with Crippen molar-refractivity contribution in [2.45, 2.75) is 0 Å². The van der Waals surface area contributed by atoms with Crippen molar-refractivity contribution >= 4 is 86.8 Å². The molecule has 0 N–H and O–H groups in total. The van der Waals surface area contributed by atoms with Gasteiger partial charge in [0.25, 0.3) is 0 Å². The van der Waals surface area contributed by atoms with Gasteiger partial charge in [-0.2, -0.15) is 0 Å². The van der Waals surface area contributed by atoms with Crippen molar-refractivity contribution in [1.82, 2.24) is 19.5 Å². The van der Waals surface area contributed by atoms with Gasteiger partial charge in [-0.15, -0.1) is 0 Å². The maximum atomic E-state index is 7.09. The molecule has 0 radical (unpaired) electrons. The summed E-state index contributed by atoms with van der Waals surface area (Å²) in [5, 5.41) is 13.8. The van der Waals surface area contributed by atoms with E-state index in [1.807, 2.05) is 6.07 Å². The Kier molecular flexibility index (Phi) is 7.91. The summed E-state index contributed by atoms with van der Waals surface area (Å²) < 4.78 is 9.51. The summed E-state index contributed by atoms with van der Waals surface area (Å²) in [5.41, 5.74) is 9.83. The molecule has 0 atom stereocenters. The predicted octanol–water partition coefficient (Wildman–Crippen LogP) is 16.1. The van der Waals surface area contributed by atoms with Crippen molar-refractivity contribution in [3.8, 4) is 51.0 Å². The highest BCUT2D eigenvalue weighted by molar-refractivity contribution is 6.30. The Hall–Kier alpha value is -8.93. The second-order valence-corrected chi connectivity index (χ2v) is 17.1. The van der Waals surface area contributed by atoms with Crippen LogP contribution in [0.3, 0.4) is 0 Å². The van der Waals surface area contributed by atoms with Crippen LogP contribution < -0.4 is 0 Å². The smallest absolute Gasteiger partial charge is 0.164 e. The topological polar surface area (TPSA) is 56.7 Å². The summed E-state index contributed by atoms with van der Waals surface area (Å²) in [7, 11) is 0. The molecule has 66 heavy (non-hydrogen) atoms. The third-order valence-electron chi connectivity index (χ3n) is 13.4. The van der Waals surface area contributed by atoms with Gasteiger partial charge in [0.15, 0.2) is 23.1 Å². The van der Waals surface area contributed by atoms with Gasteiger partial charge in [-0.25, -0.2) is 15.0 Å². The van der Waals surface area contributed by atoms with Gasteiger partial charge in [0, 0.05) is 38.2 Å². The van der Waals surface area contributed by atoms with Gasteiger partial charge in [0.05, 0.1) is 16.7 Å². The van der Waals surface area contributed by atoms with E-state index in [1.165, 1.54) is 43.4 Å². The van der Waals surface area contributed by atoms with E-state index >= 15 is 0 Å². The molecule has 3 aromatic heterocycles. The summed E-state index contributed by atoms with van der Waals surface area (Å²) in [6.45, 7) is 0. The average Bonchev–Trinajstić information content (AvgIpc) is 3.95. The number of para-hydroxylation sites is 1. The summed E-state index contributed by atoms with van der Waals surface area (Å²) in [6, 6.07) is 77.5.